The monoisotopic (exact) mass is 523 g/mol. The molecule has 5 rings (SSSR count). The number of anilines is 1. The van der Waals surface area contributed by atoms with Gasteiger partial charge in [-0.25, -0.2) is 22.8 Å². The summed E-state index contributed by atoms with van der Waals surface area (Å²) in [6, 6.07) is 12.9. The molecule has 0 radical (unpaired) electrons. The van der Waals surface area contributed by atoms with E-state index in [2.05, 4.69) is 20.4 Å². The van der Waals surface area contributed by atoms with Crippen molar-refractivity contribution in [1.82, 2.24) is 20.4 Å². The normalized spacial score (nSPS) is 15.8. The number of hydrogen-bond acceptors (Lipinski definition) is 9. The van der Waals surface area contributed by atoms with Crippen LogP contribution in [-0.2, 0) is 21.1 Å². The van der Waals surface area contributed by atoms with Gasteiger partial charge in [0.2, 0.25) is 0 Å². The molecular weight excluding hydrogens is 497 g/mol. The first-order valence-corrected chi connectivity index (χ1v) is 13.4. The summed E-state index contributed by atoms with van der Waals surface area (Å²) in [7, 11) is -3.47. The van der Waals surface area contributed by atoms with Gasteiger partial charge in [0.15, 0.2) is 27.1 Å². The quantitative estimate of drug-likeness (QED) is 0.353. The predicted molar refractivity (Wildman–Crippen MR) is 137 cm³/mol. The fourth-order valence-electron chi connectivity index (χ4n) is 4.14. The third-order valence-electron chi connectivity index (χ3n) is 6.24. The van der Waals surface area contributed by atoms with Crippen LogP contribution in [0.15, 0.2) is 64.1 Å². The van der Waals surface area contributed by atoms with E-state index in [1.807, 2.05) is 13.0 Å². The molecule has 1 aliphatic rings. The number of aromatic nitrogens is 3. The Bertz CT molecular complexity index is 1520. The van der Waals surface area contributed by atoms with Crippen LogP contribution < -0.4 is 11.1 Å². The molecule has 1 saturated heterocycles. The van der Waals surface area contributed by atoms with E-state index in [0.717, 1.165) is 12.1 Å². The highest BCUT2D eigenvalue weighted by Crippen LogP contribution is 2.31. The van der Waals surface area contributed by atoms with Crippen molar-refractivity contribution in [3.63, 3.8) is 0 Å². The van der Waals surface area contributed by atoms with Crippen LogP contribution in [0.3, 0.4) is 0 Å². The average molecular weight is 524 g/mol. The Morgan fingerprint density at radius 2 is 1.95 bits per heavy atom. The molecule has 0 aliphatic carbocycles. The van der Waals surface area contributed by atoms with Gasteiger partial charge in [-0.3, -0.25) is 0 Å². The third kappa shape index (κ3) is 5.10. The summed E-state index contributed by atoms with van der Waals surface area (Å²) in [5.74, 6) is -0.0611. The maximum atomic E-state index is 14.7. The Morgan fingerprint density at radius 1 is 1.14 bits per heavy atom. The number of nitrogens with zero attached hydrogens (tertiary/aromatic N) is 3. The summed E-state index contributed by atoms with van der Waals surface area (Å²) >= 11 is 0. The van der Waals surface area contributed by atoms with Gasteiger partial charge in [-0.1, -0.05) is 30.3 Å². The maximum Gasteiger partial charge on any atom is 0.189 e. The fraction of sp³-hybridized carbons (Fsp3) is 0.269. The van der Waals surface area contributed by atoms with E-state index in [-0.39, 0.29) is 28.8 Å². The second kappa shape index (κ2) is 10.4. The van der Waals surface area contributed by atoms with Gasteiger partial charge >= 0.3 is 0 Å². The van der Waals surface area contributed by atoms with Crippen molar-refractivity contribution in [2.24, 2.45) is 0 Å². The Hall–Kier alpha value is -3.67. The van der Waals surface area contributed by atoms with Crippen LogP contribution in [0, 0.1) is 5.82 Å². The van der Waals surface area contributed by atoms with Crippen LogP contribution in [0.1, 0.15) is 18.9 Å². The molecule has 4 aromatic rings. The number of nitrogens with two attached hydrogens (primary N) is 1. The zero-order valence-corrected chi connectivity index (χ0v) is 21.0. The highest BCUT2D eigenvalue weighted by Gasteiger charge is 2.31. The molecule has 1 fully saturated rings. The minimum Gasteiger partial charge on any atom is -0.382 e. The molecule has 0 saturated carbocycles. The van der Waals surface area contributed by atoms with Crippen LogP contribution in [0.25, 0.3) is 34.0 Å². The number of benzene rings is 2. The Kier molecular flexibility index (Phi) is 7.00. The maximum absolute atomic E-state index is 14.7. The van der Waals surface area contributed by atoms with Crippen LogP contribution in [0.5, 0.6) is 0 Å². The summed E-state index contributed by atoms with van der Waals surface area (Å²) in [4.78, 5) is 9.01. The van der Waals surface area contributed by atoms with Crippen LogP contribution in [0.2, 0.25) is 0 Å². The van der Waals surface area contributed by atoms with E-state index in [9.17, 15) is 12.8 Å². The van der Waals surface area contributed by atoms with E-state index in [1.165, 1.54) is 12.3 Å². The number of ether oxygens (including phenoxy) is 1. The molecule has 37 heavy (non-hydrogen) atoms. The summed E-state index contributed by atoms with van der Waals surface area (Å²) in [6.07, 6.45) is 1.98. The Morgan fingerprint density at radius 3 is 2.65 bits per heavy atom. The predicted octanol–water partition coefficient (Wildman–Crippen LogP) is 3.86. The van der Waals surface area contributed by atoms with Crippen molar-refractivity contribution >= 4 is 15.7 Å². The Labute approximate surface area is 213 Å². The zero-order chi connectivity index (χ0) is 26.0. The van der Waals surface area contributed by atoms with Crippen LogP contribution in [-0.4, -0.2) is 48.6 Å². The third-order valence-corrected chi connectivity index (χ3v) is 8.42. The minimum absolute atomic E-state index is 0.119. The van der Waals surface area contributed by atoms with Gasteiger partial charge in [-0.15, -0.1) is 0 Å². The molecule has 3 N–H and O–H groups in total. The standard InChI is InChI=1S/C26H26FN5O4S/c1-2-29-13-16-3-8-20(21(27)11-16)22-12-24(36-32-22)25-26(28)30-14-23(31-25)17-4-6-18(7-5-17)37(33,34)19-9-10-35-15-19/h3-8,11-12,14,19,29H,2,9-10,13,15H2,1H3,(H2,28,30). The highest BCUT2D eigenvalue weighted by atomic mass is 32.2. The molecule has 0 spiro atoms. The molecule has 2 aromatic heterocycles. The summed E-state index contributed by atoms with van der Waals surface area (Å²) in [5.41, 5.74) is 8.85. The molecule has 11 heteroatoms. The lowest BCUT2D eigenvalue weighted by molar-refractivity contribution is 0.198. The van der Waals surface area contributed by atoms with Crippen molar-refractivity contribution in [3.8, 4) is 34.0 Å². The average Bonchev–Trinajstić information content (AvgIpc) is 3.61. The second-order valence-corrected chi connectivity index (χ2v) is 10.9. The molecule has 2 aromatic carbocycles. The number of nitrogen functional groups attached to an aromatic ring is 1. The lowest BCUT2D eigenvalue weighted by Crippen LogP contribution is -2.21. The van der Waals surface area contributed by atoms with Gasteiger partial charge in [0.05, 0.1) is 28.6 Å². The molecule has 1 aliphatic heterocycles. The van der Waals surface area contributed by atoms with Crippen molar-refractivity contribution in [2.75, 3.05) is 25.5 Å². The number of sulfone groups is 1. The van der Waals surface area contributed by atoms with E-state index in [4.69, 9.17) is 15.0 Å². The van der Waals surface area contributed by atoms with Gasteiger partial charge in [0, 0.05) is 30.3 Å². The van der Waals surface area contributed by atoms with Crippen molar-refractivity contribution in [2.45, 2.75) is 30.0 Å². The smallest absolute Gasteiger partial charge is 0.189 e. The second-order valence-electron chi connectivity index (χ2n) is 8.72. The van der Waals surface area contributed by atoms with Gasteiger partial charge < -0.3 is 20.3 Å². The van der Waals surface area contributed by atoms with E-state index in [1.54, 1.807) is 36.4 Å². The molecule has 0 bridgehead atoms. The topological polar surface area (TPSA) is 133 Å². The molecule has 3 heterocycles. The van der Waals surface area contributed by atoms with E-state index in [0.29, 0.717) is 42.1 Å². The largest absolute Gasteiger partial charge is 0.382 e. The first kappa shape index (κ1) is 25.0. The van der Waals surface area contributed by atoms with E-state index < -0.39 is 20.9 Å². The number of hydrogen-bond donors (Lipinski definition) is 2. The molecule has 1 atom stereocenters. The molecule has 0 amide bonds. The first-order chi connectivity index (χ1) is 17.9. The van der Waals surface area contributed by atoms with Gasteiger partial charge in [0.25, 0.3) is 0 Å². The molecule has 9 nitrogen and oxygen atoms in total. The highest BCUT2D eigenvalue weighted by molar-refractivity contribution is 7.92. The van der Waals surface area contributed by atoms with Crippen LogP contribution >= 0.6 is 0 Å². The Balaban J connectivity index is 1.40. The lowest BCUT2D eigenvalue weighted by Gasteiger charge is -2.10. The fourth-order valence-corrected chi connectivity index (χ4v) is 5.73. The summed E-state index contributed by atoms with van der Waals surface area (Å²) in [5, 5.41) is 6.63. The van der Waals surface area contributed by atoms with Gasteiger partial charge in [-0.05, 0) is 42.8 Å². The molecular formula is C26H26FN5O4S. The summed E-state index contributed by atoms with van der Waals surface area (Å²) < 4.78 is 51.0. The minimum atomic E-state index is -3.47. The lowest BCUT2D eigenvalue weighted by atomic mass is 10.1. The number of halogens is 1. The number of rotatable bonds is 8. The van der Waals surface area contributed by atoms with Crippen LogP contribution in [0.4, 0.5) is 10.2 Å². The van der Waals surface area contributed by atoms with Crippen molar-refractivity contribution in [3.05, 3.63) is 66.1 Å². The zero-order valence-electron chi connectivity index (χ0n) is 20.1. The molecule has 192 valence electrons. The first-order valence-electron chi connectivity index (χ1n) is 11.9. The van der Waals surface area contributed by atoms with E-state index >= 15 is 0 Å². The summed E-state index contributed by atoms with van der Waals surface area (Å²) in [6.45, 7) is 4.00. The van der Waals surface area contributed by atoms with Gasteiger partial charge in [0.1, 0.15) is 11.5 Å². The van der Waals surface area contributed by atoms with Gasteiger partial charge in [-0.2, -0.15) is 0 Å². The SMILES string of the molecule is CCNCc1ccc(-c2cc(-c3nc(-c4ccc(S(=O)(=O)C5CCOC5)cc4)cnc3N)on2)c(F)c1. The van der Waals surface area contributed by atoms with Crippen molar-refractivity contribution < 1.29 is 22.1 Å². The van der Waals surface area contributed by atoms with Crippen molar-refractivity contribution in [1.29, 1.82) is 0 Å². The molecule has 1 unspecified atom stereocenters. The number of nitrogens with one attached hydrogen (secondary N) is 1.